The van der Waals surface area contributed by atoms with E-state index in [0.29, 0.717) is 0 Å². The second-order valence-electron chi connectivity index (χ2n) is 3.09. The Bertz CT molecular complexity index is 113. The van der Waals surface area contributed by atoms with Gasteiger partial charge in [-0.1, -0.05) is 13.8 Å². The second kappa shape index (κ2) is 3.84. The highest BCUT2D eigenvalue weighted by molar-refractivity contribution is 7.46. The molecular weight excluding hydrogens is 159 g/mol. The summed E-state index contributed by atoms with van der Waals surface area (Å²) >= 11 is 0. The van der Waals surface area contributed by atoms with Crippen molar-refractivity contribution < 1.29 is 9.05 Å². The summed E-state index contributed by atoms with van der Waals surface area (Å²) in [6, 6.07) is 0. The van der Waals surface area contributed by atoms with Gasteiger partial charge in [-0.2, -0.15) is 0 Å². The fourth-order valence-electron chi connectivity index (χ4n) is 1.06. The molecule has 0 aromatic carbocycles. The molecule has 65 valence electrons. The first-order valence-electron chi connectivity index (χ1n) is 4.01. The fraction of sp³-hybridized carbons (Fsp3) is 0.875. The van der Waals surface area contributed by atoms with E-state index in [1.807, 2.05) is 6.66 Å². The van der Waals surface area contributed by atoms with Crippen molar-refractivity contribution in [2.75, 3.05) is 19.9 Å². The molecule has 1 rings (SSSR count). The van der Waals surface area contributed by atoms with E-state index in [2.05, 4.69) is 13.8 Å². The molecule has 0 aliphatic carbocycles. The molecule has 0 atom stereocenters. The van der Waals surface area contributed by atoms with Crippen LogP contribution in [0.4, 0.5) is 0 Å². The Kier molecular flexibility index (Phi) is 3.29. The highest BCUT2D eigenvalue weighted by Gasteiger charge is 2.32. The van der Waals surface area contributed by atoms with E-state index in [0.717, 1.165) is 26.1 Å². The standard InChI is InChI=1S/C8H16O2P/c1-4-8(5-2)6-9-11(3)10-7-8/h1,4-7H2,2-3H3. The lowest BCUT2D eigenvalue weighted by molar-refractivity contribution is 0.0344. The van der Waals surface area contributed by atoms with Crippen LogP contribution in [0.25, 0.3) is 0 Å². The number of rotatable bonds is 2. The molecule has 0 aromatic heterocycles. The van der Waals surface area contributed by atoms with Gasteiger partial charge in [-0.05, 0) is 12.8 Å². The van der Waals surface area contributed by atoms with E-state index >= 15 is 0 Å². The predicted molar refractivity (Wildman–Crippen MR) is 47.4 cm³/mol. The first kappa shape index (κ1) is 9.44. The monoisotopic (exact) mass is 175 g/mol. The molecule has 1 saturated heterocycles. The van der Waals surface area contributed by atoms with E-state index in [9.17, 15) is 0 Å². The molecule has 1 aliphatic rings. The van der Waals surface area contributed by atoms with Crippen molar-refractivity contribution in [1.82, 2.24) is 0 Å². The van der Waals surface area contributed by atoms with E-state index in [-0.39, 0.29) is 5.41 Å². The summed E-state index contributed by atoms with van der Waals surface area (Å²) in [7, 11) is -0.589. The third kappa shape index (κ3) is 2.14. The number of hydrogen-bond acceptors (Lipinski definition) is 2. The minimum absolute atomic E-state index is 0.203. The van der Waals surface area contributed by atoms with Crippen molar-refractivity contribution in [2.24, 2.45) is 5.41 Å². The molecule has 1 heterocycles. The predicted octanol–water partition coefficient (Wildman–Crippen LogP) is 2.60. The lowest BCUT2D eigenvalue weighted by Crippen LogP contribution is -2.33. The summed E-state index contributed by atoms with van der Waals surface area (Å²) in [6.07, 6.45) is 2.01. The summed E-state index contributed by atoms with van der Waals surface area (Å²) in [5, 5.41) is 0. The van der Waals surface area contributed by atoms with Crippen LogP contribution in [-0.2, 0) is 9.05 Å². The first-order chi connectivity index (χ1) is 5.22. The van der Waals surface area contributed by atoms with E-state index in [1.54, 1.807) is 0 Å². The Hall–Kier alpha value is 0.350. The molecule has 0 aromatic rings. The average molecular weight is 175 g/mol. The Morgan fingerprint density at radius 1 is 1.45 bits per heavy atom. The van der Waals surface area contributed by atoms with Gasteiger partial charge < -0.3 is 9.05 Å². The van der Waals surface area contributed by atoms with Gasteiger partial charge in [-0.3, -0.25) is 0 Å². The molecule has 2 nitrogen and oxygen atoms in total. The van der Waals surface area contributed by atoms with Crippen LogP contribution >= 0.6 is 8.38 Å². The van der Waals surface area contributed by atoms with Crippen molar-refractivity contribution in [3.05, 3.63) is 6.92 Å². The molecule has 0 spiro atoms. The van der Waals surface area contributed by atoms with Gasteiger partial charge in [0, 0.05) is 12.1 Å². The minimum Gasteiger partial charge on any atom is -0.334 e. The Morgan fingerprint density at radius 2 is 2.00 bits per heavy atom. The van der Waals surface area contributed by atoms with Crippen LogP contribution in [0.2, 0.25) is 0 Å². The molecule has 1 fully saturated rings. The van der Waals surface area contributed by atoms with E-state index in [4.69, 9.17) is 9.05 Å². The van der Waals surface area contributed by atoms with Crippen molar-refractivity contribution in [3.63, 3.8) is 0 Å². The summed E-state index contributed by atoms with van der Waals surface area (Å²) < 4.78 is 11.0. The van der Waals surface area contributed by atoms with Gasteiger partial charge in [0.05, 0.1) is 13.2 Å². The van der Waals surface area contributed by atoms with Crippen molar-refractivity contribution in [2.45, 2.75) is 19.8 Å². The number of hydrogen-bond donors (Lipinski definition) is 0. The third-order valence-corrected chi connectivity index (χ3v) is 3.37. The maximum Gasteiger partial charge on any atom is 0.167 e. The van der Waals surface area contributed by atoms with Crippen molar-refractivity contribution in [3.8, 4) is 0 Å². The van der Waals surface area contributed by atoms with Crippen LogP contribution in [0.5, 0.6) is 0 Å². The smallest absolute Gasteiger partial charge is 0.167 e. The Morgan fingerprint density at radius 3 is 2.36 bits per heavy atom. The highest BCUT2D eigenvalue weighted by atomic mass is 31.2. The topological polar surface area (TPSA) is 18.5 Å². The molecule has 0 unspecified atom stereocenters. The molecule has 1 aliphatic heterocycles. The van der Waals surface area contributed by atoms with Crippen LogP contribution in [0.3, 0.4) is 0 Å². The second-order valence-corrected chi connectivity index (χ2v) is 4.49. The van der Waals surface area contributed by atoms with Gasteiger partial charge in [-0.15, -0.1) is 0 Å². The van der Waals surface area contributed by atoms with Crippen LogP contribution in [-0.4, -0.2) is 19.9 Å². The molecule has 1 radical (unpaired) electrons. The Balaban J connectivity index is 2.45. The van der Waals surface area contributed by atoms with Gasteiger partial charge in [0.25, 0.3) is 0 Å². The minimum atomic E-state index is -0.589. The van der Waals surface area contributed by atoms with Crippen LogP contribution in [0.1, 0.15) is 19.8 Å². The molecule has 0 saturated carbocycles. The lowest BCUT2D eigenvalue weighted by Gasteiger charge is -2.37. The van der Waals surface area contributed by atoms with Crippen LogP contribution < -0.4 is 0 Å². The Labute approximate surface area is 70.2 Å². The van der Waals surface area contributed by atoms with Crippen LogP contribution in [0, 0.1) is 12.3 Å². The highest BCUT2D eigenvalue weighted by Crippen LogP contribution is 2.45. The van der Waals surface area contributed by atoms with Crippen LogP contribution in [0.15, 0.2) is 0 Å². The summed E-state index contributed by atoms with van der Waals surface area (Å²) in [4.78, 5) is 0. The van der Waals surface area contributed by atoms with Gasteiger partial charge in [0.1, 0.15) is 0 Å². The molecule has 3 heteroatoms. The van der Waals surface area contributed by atoms with E-state index < -0.39 is 8.38 Å². The molecular formula is C8H16O2P. The van der Waals surface area contributed by atoms with Gasteiger partial charge in [0.15, 0.2) is 8.38 Å². The zero-order valence-electron chi connectivity index (χ0n) is 7.30. The van der Waals surface area contributed by atoms with Crippen molar-refractivity contribution >= 4 is 8.38 Å². The molecule has 0 amide bonds. The molecule has 0 N–H and O–H groups in total. The maximum absolute atomic E-state index is 5.48. The average Bonchev–Trinajstić information content (AvgIpc) is 2.07. The summed E-state index contributed by atoms with van der Waals surface area (Å²) in [5.74, 6) is 0. The largest absolute Gasteiger partial charge is 0.334 e. The third-order valence-electron chi connectivity index (χ3n) is 2.39. The summed E-state index contributed by atoms with van der Waals surface area (Å²) in [5.41, 5.74) is 0.203. The van der Waals surface area contributed by atoms with Gasteiger partial charge in [0.2, 0.25) is 0 Å². The zero-order chi connectivity index (χ0) is 8.32. The maximum atomic E-state index is 5.48. The lowest BCUT2D eigenvalue weighted by atomic mass is 9.84. The normalized spacial score (nSPS) is 25.4. The quantitative estimate of drug-likeness (QED) is 0.600. The zero-order valence-corrected chi connectivity index (χ0v) is 8.19. The van der Waals surface area contributed by atoms with Crippen molar-refractivity contribution in [1.29, 1.82) is 0 Å². The molecule has 11 heavy (non-hydrogen) atoms. The van der Waals surface area contributed by atoms with Gasteiger partial charge in [-0.25, -0.2) is 0 Å². The molecule has 0 bridgehead atoms. The SMILES string of the molecule is [CH2]CC1(CC)COP(C)OC1. The fourth-order valence-corrected chi connectivity index (χ4v) is 2.05. The summed E-state index contributed by atoms with van der Waals surface area (Å²) in [6.45, 7) is 9.75. The first-order valence-corrected chi connectivity index (χ1v) is 5.64. The van der Waals surface area contributed by atoms with E-state index in [1.165, 1.54) is 0 Å². The van der Waals surface area contributed by atoms with Gasteiger partial charge >= 0.3 is 0 Å².